The van der Waals surface area contributed by atoms with Gasteiger partial charge in [-0.05, 0) is 61.9 Å². The lowest BCUT2D eigenvalue weighted by molar-refractivity contribution is 0.190. The number of ether oxygens (including phenoxy) is 1. The molecule has 2 N–H and O–H groups in total. The van der Waals surface area contributed by atoms with Gasteiger partial charge in [-0.1, -0.05) is 12.7 Å². The van der Waals surface area contributed by atoms with Crippen LogP contribution in [0.25, 0.3) is 5.57 Å². The molecule has 0 radical (unpaired) electrons. The van der Waals surface area contributed by atoms with Crippen LogP contribution in [0.2, 0.25) is 0 Å². The van der Waals surface area contributed by atoms with Gasteiger partial charge in [0.25, 0.3) is 0 Å². The van der Waals surface area contributed by atoms with E-state index in [4.69, 9.17) is 10.5 Å². The predicted molar refractivity (Wildman–Crippen MR) is 103 cm³/mol. The van der Waals surface area contributed by atoms with Crippen molar-refractivity contribution in [3.63, 3.8) is 0 Å². The second-order valence-electron chi connectivity index (χ2n) is 6.34. The van der Waals surface area contributed by atoms with Crippen LogP contribution in [0.1, 0.15) is 18.1 Å². The third kappa shape index (κ3) is 4.20. The average molecular weight is 327 g/mol. The van der Waals surface area contributed by atoms with E-state index in [1.165, 1.54) is 11.3 Å². The fraction of sp³-hybridized carbons (Fsp3) is 0.400. The topological polar surface area (TPSA) is 41.7 Å². The van der Waals surface area contributed by atoms with Gasteiger partial charge in [-0.2, -0.15) is 0 Å². The van der Waals surface area contributed by atoms with Gasteiger partial charge in [0.1, 0.15) is 5.75 Å². The molecule has 0 atom stereocenters. The van der Waals surface area contributed by atoms with Gasteiger partial charge < -0.3 is 20.3 Å². The van der Waals surface area contributed by atoms with E-state index in [-0.39, 0.29) is 0 Å². The summed E-state index contributed by atoms with van der Waals surface area (Å²) in [5.74, 6) is 0.718. The number of anilines is 1. The molecular formula is C20H29N3O. The summed E-state index contributed by atoms with van der Waals surface area (Å²) in [4.78, 5) is 4.73. The number of nitrogens with zero attached hydrogens (tertiary/aromatic N) is 2. The van der Waals surface area contributed by atoms with Crippen LogP contribution in [-0.4, -0.2) is 50.1 Å². The normalized spacial score (nSPS) is 17.1. The number of benzene rings is 1. The highest BCUT2D eigenvalue weighted by atomic mass is 16.5. The second kappa shape index (κ2) is 8.06. The fourth-order valence-corrected chi connectivity index (χ4v) is 2.98. The number of allylic oxidation sites excluding steroid dienone is 4. The first-order valence-electron chi connectivity index (χ1n) is 8.35. The Balaban J connectivity index is 2.24. The number of nitrogen functional groups attached to an aromatic ring is 1. The van der Waals surface area contributed by atoms with E-state index in [1.54, 1.807) is 7.11 Å². The molecule has 1 aromatic rings. The molecule has 24 heavy (non-hydrogen) atoms. The van der Waals surface area contributed by atoms with E-state index < -0.39 is 0 Å². The summed E-state index contributed by atoms with van der Waals surface area (Å²) in [7, 11) is 3.81. The molecule has 1 heterocycles. The Bertz CT molecular complexity index is 653. The molecule has 1 aliphatic heterocycles. The van der Waals surface area contributed by atoms with Gasteiger partial charge in [0.05, 0.1) is 12.8 Å². The first-order chi connectivity index (χ1) is 11.5. The number of nitrogens with two attached hydrogens (primary N) is 1. The van der Waals surface area contributed by atoms with Crippen molar-refractivity contribution >= 4 is 11.3 Å². The molecule has 130 valence electrons. The molecule has 0 bridgehead atoms. The molecule has 4 heteroatoms. The number of aryl methyl sites for hydroxylation is 1. The minimum atomic E-state index is 0.673. The number of methoxy groups -OCH3 is 1. The second-order valence-corrected chi connectivity index (χ2v) is 6.34. The van der Waals surface area contributed by atoms with Gasteiger partial charge >= 0.3 is 0 Å². The van der Waals surface area contributed by atoms with Gasteiger partial charge in [0.2, 0.25) is 0 Å². The zero-order valence-electron chi connectivity index (χ0n) is 15.3. The van der Waals surface area contributed by atoms with Gasteiger partial charge in [-0.15, -0.1) is 0 Å². The van der Waals surface area contributed by atoms with Crippen molar-refractivity contribution in [2.24, 2.45) is 0 Å². The summed E-state index contributed by atoms with van der Waals surface area (Å²) in [6.07, 6.45) is 6.23. The number of rotatable bonds is 5. The monoisotopic (exact) mass is 327 g/mol. The van der Waals surface area contributed by atoms with Crippen LogP contribution in [-0.2, 0) is 0 Å². The van der Waals surface area contributed by atoms with E-state index in [0.29, 0.717) is 5.69 Å². The smallest absolute Gasteiger partial charge is 0.142 e. The van der Waals surface area contributed by atoms with E-state index in [2.05, 4.69) is 49.4 Å². The largest absolute Gasteiger partial charge is 0.495 e. The van der Waals surface area contributed by atoms with Gasteiger partial charge in [0, 0.05) is 31.9 Å². The fourth-order valence-electron chi connectivity index (χ4n) is 2.98. The van der Waals surface area contributed by atoms with Gasteiger partial charge in [-0.3, -0.25) is 0 Å². The van der Waals surface area contributed by atoms with Crippen molar-refractivity contribution in [2.45, 2.75) is 13.8 Å². The Kier molecular flexibility index (Phi) is 6.10. The van der Waals surface area contributed by atoms with Crippen molar-refractivity contribution in [1.82, 2.24) is 9.80 Å². The van der Waals surface area contributed by atoms with Crippen molar-refractivity contribution in [3.8, 4) is 5.75 Å². The molecular weight excluding hydrogens is 298 g/mol. The minimum absolute atomic E-state index is 0.673. The summed E-state index contributed by atoms with van der Waals surface area (Å²) in [6.45, 7) is 12.4. The highest BCUT2D eigenvalue weighted by molar-refractivity contribution is 5.72. The zero-order chi connectivity index (χ0) is 17.7. The van der Waals surface area contributed by atoms with Crippen LogP contribution in [0.15, 0.2) is 42.6 Å². The standard InChI is InChI=1S/C20H29N3O/c1-6-17(23-11-9-22(4)10-12-23)8-7-15(2)18-14-20(24-5)19(21)13-16(18)3/h6-8,13-14H,1,9-12,21H2,2-5H3/b15-7+,17-8+. The third-order valence-corrected chi connectivity index (χ3v) is 4.58. The molecule has 1 saturated heterocycles. The lowest BCUT2D eigenvalue weighted by Crippen LogP contribution is -2.43. The zero-order valence-corrected chi connectivity index (χ0v) is 15.3. The van der Waals surface area contributed by atoms with Crippen LogP contribution < -0.4 is 10.5 Å². The molecule has 0 spiro atoms. The molecule has 0 amide bonds. The number of hydrogen-bond acceptors (Lipinski definition) is 4. The highest BCUT2D eigenvalue weighted by Gasteiger charge is 2.14. The first-order valence-corrected chi connectivity index (χ1v) is 8.35. The molecule has 1 fully saturated rings. The Labute approximate surface area is 145 Å². The van der Waals surface area contributed by atoms with Gasteiger partial charge in [0.15, 0.2) is 0 Å². The minimum Gasteiger partial charge on any atom is -0.495 e. The molecule has 1 aliphatic rings. The molecule has 1 aromatic carbocycles. The lowest BCUT2D eigenvalue weighted by atomic mass is 10.00. The molecule has 4 nitrogen and oxygen atoms in total. The number of piperazine rings is 1. The summed E-state index contributed by atoms with van der Waals surface area (Å²) < 4.78 is 5.35. The summed E-state index contributed by atoms with van der Waals surface area (Å²) in [5, 5.41) is 0. The maximum absolute atomic E-state index is 5.97. The Morgan fingerprint density at radius 1 is 1.21 bits per heavy atom. The van der Waals surface area contributed by atoms with Crippen molar-refractivity contribution < 1.29 is 4.74 Å². The average Bonchev–Trinajstić information content (AvgIpc) is 2.57. The SMILES string of the molecule is C=C/C(=C\C=C(/C)c1cc(OC)c(N)cc1C)N1CCN(C)CC1. The Morgan fingerprint density at radius 3 is 2.46 bits per heavy atom. The molecule has 2 rings (SSSR count). The van der Waals surface area contributed by atoms with E-state index >= 15 is 0 Å². The van der Waals surface area contributed by atoms with Crippen molar-refractivity contribution in [2.75, 3.05) is 46.1 Å². The first kappa shape index (κ1) is 18.1. The molecule has 0 saturated carbocycles. The van der Waals surface area contributed by atoms with E-state index in [1.807, 2.05) is 18.2 Å². The maximum atomic E-state index is 5.97. The van der Waals surface area contributed by atoms with E-state index in [9.17, 15) is 0 Å². The molecule has 0 unspecified atom stereocenters. The predicted octanol–water partition coefficient (Wildman–Crippen LogP) is 3.31. The lowest BCUT2D eigenvalue weighted by Gasteiger charge is -2.34. The van der Waals surface area contributed by atoms with Crippen LogP contribution in [0.4, 0.5) is 5.69 Å². The summed E-state index contributed by atoms with van der Waals surface area (Å²) >= 11 is 0. The summed E-state index contributed by atoms with van der Waals surface area (Å²) in [6, 6.07) is 3.97. The van der Waals surface area contributed by atoms with Crippen LogP contribution >= 0.6 is 0 Å². The van der Waals surface area contributed by atoms with E-state index in [0.717, 1.165) is 43.1 Å². The van der Waals surface area contributed by atoms with Crippen molar-refractivity contribution in [3.05, 3.63) is 53.8 Å². The van der Waals surface area contributed by atoms with Gasteiger partial charge in [-0.25, -0.2) is 0 Å². The molecule has 0 aromatic heterocycles. The number of hydrogen-bond donors (Lipinski definition) is 1. The Hall–Kier alpha value is -2.20. The quantitative estimate of drug-likeness (QED) is 0.665. The van der Waals surface area contributed by atoms with Crippen LogP contribution in [0.3, 0.4) is 0 Å². The molecule has 0 aliphatic carbocycles. The summed E-state index contributed by atoms with van der Waals surface area (Å²) in [5.41, 5.74) is 11.3. The van der Waals surface area contributed by atoms with Crippen LogP contribution in [0.5, 0.6) is 5.75 Å². The third-order valence-electron chi connectivity index (χ3n) is 4.58. The maximum Gasteiger partial charge on any atom is 0.142 e. The highest BCUT2D eigenvalue weighted by Crippen LogP contribution is 2.29. The van der Waals surface area contributed by atoms with Crippen LogP contribution in [0, 0.1) is 6.92 Å². The van der Waals surface area contributed by atoms with Crippen molar-refractivity contribution in [1.29, 1.82) is 0 Å². The Morgan fingerprint density at radius 2 is 1.88 bits per heavy atom. The number of likely N-dealkylation sites (N-methyl/N-ethyl adjacent to an activating group) is 1.